The molecule has 7 nitrogen and oxygen atoms in total. The third kappa shape index (κ3) is 3.38. The minimum atomic E-state index is -3.50. The zero-order chi connectivity index (χ0) is 14.6. The maximum Gasteiger partial charge on any atom is 0.246 e. The zero-order valence-corrected chi connectivity index (χ0v) is 12.4. The largest absolute Gasteiger partial charge is 0.396 e. The van der Waals surface area contributed by atoms with Crippen molar-refractivity contribution in [2.45, 2.75) is 37.3 Å². The third-order valence-electron chi connectivity index (χ3n) is 3.35. The fourth-order valence-corrected chi connectivity index (χ4v) is 3.55. The van der Waals surface area contributed by atoms with E-state index in [2.05, 4.69) is 5.10 Å². The summed E-state index contributed by atoms with van der Waals surface area (Å²) in [7, 11) is -3.50. The number of nitrogens with zero attached hydrogens (tertiary/aromatic N) is 3. The molecule has 1 unspecified atom stereocenters. The summed E-state index contributed by atoms with van der Waals surface area (Å²) in [4.78, 5) is 0.201. The predicted octanol–water partition coefficient (Wildman–Crippen LogP) is 0.0650. The summed E-state index contributed by atoms with van der Waals surface area (Å²) in [6, 6.07) is 0. The number of morpholine rings is 1. The second-order valence-electron chi connectivity index (χ2n) is 4.78. The van der Waals surface area contributed by atoms with Crippen LogP contribution < -0.4 is 0 Å². The molecule has 0 saturated carbocycles. The summed E-state index contributed by atoms with van der Waals surface area (Å²) < 4.78 is 33.5. The average Bonchev–Trinajstić information content (AvgIpc) is 2.94. The Labute approximate surface area is 119 Å². The first-order chi connectivity index (χ1) is 9.57. The lowest BCUT2D eigenvalue weighted by atomic mass is 10.2. The van der Waals surface area contributed by atoms with E-state index >= 15 is 0 Å². The van der Waals surface area contributed by atoms with Crippen LogP contribution in [0, 0.1) is 0 Å². The number of aryl methyl sites for hydroxylation is 1. The highest BCUT2D eigenvalue weighted by Gasteiger charge is 2.30. The zero-order valence-electron chi connectivity index (χ0n) is 11.6. The van der Waals surface area contributed by atoms with E-state index in [1.807, 2.05) is 6.92 Å². The lowest BCUT2D eigenvalue weighted by Gasteiger charge is -2.31. The quantitative estimate of drug-likeness (QED) is 0.803. The molecule has 0 bridgehead atoms. The van der Waals surface area contributed by atoms with Gasteiger partial charge in [-0.15, -0.1) is 0 Å². The standard InChI is InChI=1S/C12H21N3O4S/c1-2-11-9-15(5-7-19-11)20(17,18)12-8-13-14(10-12)4-3-6-16/h8,10-11,16H,2-7,9H2,1H3. The van der Waals surface area contributed by atoms with Crippen LogP contribution in [0.1, 0.15) is 19.8 Å². The fourth-order valence-electron chi connectivity index (χ4n) is 2.14. The van der Waals surface area contributed by atoms with E-state index in [0.29, 0.717) is 32.7 Å². The van der Waals surface area contributed by atoms with Crippen LogP contribution in [-0.4, -0.2) is 60.0 Å². The Morgan fingerprint density at radius 3 is 3.05 bits per heavy atom. The van der Waals surface area contributed by atoms with Crippen LogP contribution in [0.4, 0.5) is 0 Å². The number of rotatable bonds is 6. The topological polar surface area (TPSA) is 84.7 Å². The van der Waals surface area contributed by atoms with E-state index in [4.69, 9.17) is 9.84 Å². The summed E-state index contributed by atoms with van der Waals surface area (Å²) in [6.07, 6.45) is 4.19. The molecule has 0 aromatic carbocycles. The molecule has 2 heterocycles. The molecule has 2 rings (SSSR count). The first kappa shape index (κ1) is 15.4. The van der Waals surface area contributed by atoms with Crippen molar-refractivity contribution in [3.8, 4) is 0 Å². The molecule has 1 aliphatic heterocycles. The van der Waals surface area contributed by atoms with Crippen molar-refractivity contribution in [1.29, 1.82) is 0 Å². The molecule has 1 N–H and O–H groups in total. The summed E-state index contributed by atoms with van der Waals surface area (Å²) in [5.74, 6) is 0. The van der Waals surface area contributed by atoms with Crippen molar-refractivity contribution in [1.82, 2.24) is 14.1 Å². The maximum atomic E-state index is 12.5. The molecule has 0 spiro atoms. The van der Waals surface area contributed by atoms with Crippen molar-refractivity contribution in [2.24, 2.45) is 0 Å². The highest BCUT2D eigenvalue weighted by molar-refractivity contribution is 7.89. The highest BCUT2D eigenvalue weighted by atomic mass is 32.2. The van der Waals surface area contributed by atoms with Gasteiger partial charge in [0.1, 0.15) is 4.90 Å². The fraction of sp³-hybridized carbons (Fsp3) is 0.750. The van der Waals surface area contributed by atoms with Crippen LogP contribution in [0.15, 0.2) is 17.3 Å². The molecular weight excluding hydrogens is 282 g/mol. The first-order valence-electron chi connectivity index (χ1n) is 6.83. The summed E-state index contributed by atoms with van der Waals surface area (Å²) in [5.41, 5.74) is 0. The molecule has 1 aliphatic rings. The van der Waals surface area contributed by atoms with Crippen LogP contribution in [0.5, 0.6) is 0 Å². The number of sulfonamides is 1. The van der Waals surface area contributed by atoms with E-state index in [-0.39, 0.29) is 17.6 Å². The maximum absolute atomic E-state index is 12.5. The van der Waals surface area contributed by atoms with Gasteiger partial charge in [-0.3, -0.25) is 4.68 Å². The SMILES string of the molecule is CCC1CN(S(=O)(=O)c2cnn(CCCO)c2)CCO1. The second-order valence-corrected chi connectivity index (χ2v) is 6.72. The van der Waals surface area contributed by atoms with Gasteiger partial charge in [-0.2, -0.15) is 9.40 Å². The number of aromatic nitrogens is 2. The molecule has 20 heavy (non-hydrogen) atoms. The van der Waals surface area contributed by atoms with Gasteiger partial charge in [-0.05, 0) is 12.8 Å². The summed E-state index contributed by atoms with van der Waals surface area (Å²) >= 11 is 0. The van der Waals surface area contributed by atoms with Crippen LogP contribution in [-0.2, 0) is 21.3 Å². The Morgan fingerprint density at radius 2 is 2.35 bits per heavy atom. The Kier molecular flexibility index (Phi) is 5.14. The second kappa shape index (κ2) is 6.66. The first-order valence-corrected chi connectivity index (χ1v) is 8.27. The van der Waals surface area contributed by atoms with Gasteiger partial charge < -0.3 is 9.84 Å². The lowest BCUT2D eigenvalue weighted by molar-refractivity contribution is -0.00278. The number of ether oxygens (including phenoxy) is 1. The summed E-state index contributed by atoms with van der Waals surface area (Å²) in [5, 5.41) is 12.8. The van der Waals surface area contributed by atoms with Crippen LogP contribution in [0.25, 0.3) is 0 Å². The van der Waals surface area contributed by atoms with Gasteiger partial charge in [0, 0.05) is 32.4 Å². The number of aliphatic hydroxyl groups is 1. The van der Waals surface area contributed by atoms with Crippen molar-refractivity contribution in [3.63, 3.8) is 0 Å². The van der Waals surface area contributed by atoms with Crippen molar-refractivity contribution in [3.05, 3.63) is 12.4 Å². The minimum Gasteiger partial charge on any atom is -0.396 e. The monoisotopic (exact) mass is 303 g/mol. The molecular formula is C12H21N3O4S. The van der Waals surface area contributed by atoms with Crippen LogP contribution >= 0.6 is 0 Å². The minimum absolute atomic E-state index is 0.0389. The molecule has 8 heteroatoms. The van der Waals surface area contributed by atoms with E-state index in [0.717, 1.165) is 6.42 Å². The molecule has 1 saturated heterocycles. The van der Waals surface area contributed by atoms with Crippen molar-refractivity contribution >= 4 is 10.0 Å². The van der Waals surface area contributed by atoms with Crippen molar-refractivity contribution in [2.75, 3.05) is 26.3 Å². The Hall–Kier alpha value is -0.960. The summed E-state index contributed by atoms with van der Waals surface area (Å²) in [6.45, 7) is 3.74. The van der Waals surface area contributed by atoms with Gasteiger partial charge in [0.2, 0.25) is 10.0 Å². The van der Waals surface area contributed by atoms with E-state index < -0.39 is 10.0 Å². The van der Waals surface area contributed by atoms with Crippen LogP contribution in [0.2, 0.25) is 0 Å². The molecule has 1 fully saturated rings. The molecule has 114 valence electrons. The van der Waals surface area contributed by atoms with Gasteiger partial charge in [0.05, 0.1) is 18.9 Å². The molecule has 1 atom stereocenters. The van der Waals surface area contributed by atoms with Crippen LogP contribution in [0.3, 0.4) is 0 Å². The highest BCUT2D eigenvalue weighted by Crippen LogP contribution is 2.19. The molecule has 1 aromatic rings. The third-order valence-corrected chi connectivity index (χ3v) is 5.17. The van der Waals surface area contributed by atoms with Gasteiger partial charge in [-0.25, -0.2) is 8.42 Å². The molecule has 1 aromatic heterocycles. The van der Waals surface area contributed by atoms with E-state index in [9.17, 15) is 8.42 Å². The molecule has 0 aliphatic carbocycles. The average molecular weight is 303 g/mol. The molecule has 0 amide bonds. The Bertz CT molecular complexity index is 529. The van der Waals surface area contributed by atoms with Gasteiger partial charge in [-0.1, -0.05) is 6.92 Å². The Morgan fingerprint density at radius 1 is 1.55 bits per heavy atom. The normalized spacial score (nSPS) is 21.2. The van der Waals surface area contributed by atoms with Crippen molar-refractivity contribution < 1.29 is 18.3 Å². The van der Waals surface area contributed by atoms with E-state index in [1.54, 1.807) is 4.68 Å². The van der Waals surface area contributed by atoms with Gasteiger partial charge in [0.15, 0.2) is 0 Å². The van der Waals surface area contributed by atoms with Gasteiger partial charge >= 0.3 is 0 Å². The number of hydrogen-bond acceptors (Lipinski definition) is 5. The smallest absolute Gasteiger partial charge is 0.246 e. The van der Waals surface area contributed by atoms with E-state index in [1.165, 1.54) is 16.7 Å². The lowest BCUT2D eigenvalue weighted by Crippen LogP contribution is -2.45. The number of aliphatic hydroxyl groups excluding tert-OH is 1. The molecule has 0 radical (unpaired) electrons. The Balaban J connectivity index is 2.11. The predicted molar refractivity (Wildman–Crippen MR) is 72.7 cm³/mol. The number of hydrogen-bond donors (Lipinski definition) is 1. The van der Waals surface area contributed by atoms with Gasteiger partial charge in [0.25, 0.3) is 0 Å².